The zero-order valence-electron chi connectivity index (χ0n) is 14.6. The predicted octanol–water partition coefficient (Wildman–Crippen LogP) is 5.11. The number of thiophene rings is 1. The molecule has 0 fully saturated rings. The number of para-hydroxylation sites is 1. The van der Waals surface area contributed by atoms with E-state index in [1.54, 1.807) is 41.5 Å². The molecule has 4 aromatic rings. The molecule has 0 N–H and O–H groups in total. The van der Waals surface area contributed by atoms with E-state index in [0.717, 1.165) is 21.5 Å². The molecule has 27 heavy (non-hydrogen) atoms. The number of nitriles is 1. The molecule has 1 amide bonds. The van der Waals surface area contributed by atoms with Gasteiger partial charge in [-0.25, -0.2) is 4.98 Å². The molecule has 2 aromatic carbocycles. The first-order valence-electron chi connectivity index (χ1n) is 8.39. The normalized spacial score (nSPS) is 10.5. The Morgan fingerprint density at radius 1 is 1.07 bits per heavy atom. The molecule has 0 spiro atoms. The van der Waals surface area contributed by atoms with Crippen molar-refractivity contribution in [3.8, 4) is 16.6 Å². The van der Waals surface area contributed by atoms with Crippen molar-refractivity contribution in [2.45, 2.75) is 0 Å². The highest BCUT2D eigenvalue weighted by Gasteiger charge is 2.19. The number of carbonyl (C=O) groups excluding carboxylic acids is 1. The van der Waals surface area contributed by atoms with Gasteiger partial charge in [-0.1, -0.05) is 30.3 Å². The largest absolute Gasteiger partial charge is 0.311 e. The van der Waals surface area contributed by atoms with E-state index in [1.165, 1.54) is 0 Å². The summed E-state index contributed by atoms with van der Waals surface area (Å²) in [6, 6.07) is 22.6. The van der Waals surface area contributed by atoms with Crippen LogP contribution in [-0.2, 0) is 0 Å². The van der Waals surface area contributed by atoms with Gasteiger partial charge in [0.2, 0.25) is 0 Å². The van der Waals surface area contributed by atoms with Crippen molar-refractivity contribution in [1.29, 1.82) is 5.26 Å². The van der Waals surface area contributed by atoms with Gasteiger partial charge in [0.25, 0.3) is 5.91 Å². The SMILES string of the molecule is CN(C(=O)c1cc(-c2cccs2)nc2ccccc12)c1cccc(C#N)c1. The minimum atomic E-state index is -0.138. The van der Waals surface area contributed by atoms with E-state index < -0.39 is 0 Å². The van der Waals surface area contributed by atoms with Crippen molar-refractivity contribution < 1.29 is 4.79 Å². The number of rotatable bonds is 3. The molecule has 0 aliphatic carbocycles. The van der Waals surface area contributed by atoms with Crippen LogP contribution in [0, 0.1) is 11.3 Å². The van der Waals surface area contributed by atoms with Gasteiger partial charge in [-0.3, -0.25) is 4.79 Å². The summed E-state index contributed by atoms with van der Waals surface area (Å²) in [6.07, 6.45) is 0. The van der Waals surface area contributed by atoms with Gasteiger partial charge < -0.3 is 4.90 Å². The van der Waals surface area contributed by atoms with Crippen LogP contribution in [0.3, 0.4) is 0 Å². The van der Waals surface area contributed by atoms with E-state index in [1.807, 2.05) is 53.9 Å². The number of aromatic nitrogens is 1. The van der Waals surface area contributed by atoms with Crippen LogP contribution in [0.4, 0.5) is 5.69 Å². The minimum absolute atomic E-state index is 0.138. The van der Waals surface area contributed by atoms with E-state index in [2.05, 4.69) is 6.07 Å². The molecule has 2 heterocycles. The molecular formula is C22H15N3OS. The molecular weight excluding hydrogens is 354 g/mol. The molecule has 0 aliphatic rings. The summed E-state index contributed by atoms with van der Waals surface area (Å²) in [5.74, 6) is -0.138. The number of anilines is 1. The molecule has 0 aliphatic heterocycles. The van der Waals surface area contributed by atoms with Crippen LogP contribution in [-0.4, -0.2) is 17.9 Å². The van der Waals surface area contributed by atoms with Gasteiger partial charge in [-0.15, -0.1) is 11.3 Å². The van der Waals surface area contributed by atoms with Gasteiger partial charge in [0, 0.05) is 18.1 Å². The minimum Gasteiger partial charge on any atom is -0.311 e. The standard InChI is InChI=1S/C22H15N3OS/c1-25(16-7-4-6-15(12-16)14-23)22(26)18-13-20(21-10-5-11-27-21)24-19-9-3-2-8-17(18)19/h2-13H,1H3. The maximum atomic E-state index is 13.3. The number of pyridine rings is 1. The highest BCUT2D eigenvalue weighted by atomic mass is 32.1. The van der Waals surface area contributed by atoms with Crippen LogP contribution in [0.1, 0.15) is 15.9 Å². The van der Waals surface area contributed by atoms with Gasteiger partial charge in [0.05, 0.1) is 33.3 Å². The second kappa shape index (κ2) is 7.02. The first-order valence-corrected chi connectivity index (χ1v) is 9.27. The monoisotopic (exact) mass is 369 g/mol. The van der Waals surface area contributed by atoms with E-state index in [0.29, 0.717) is 16.8 Å². The lowest BCUT2D eigenvalue weighted by Gasteiger charge is -2.19. The quantitative estimate of drug-likeness (QED) is 0.504. The number of fused-ring (bicyclic) bond motifs is 1. The van der Waals surface area contributed by atoms with Crippen LogP contribution in [0.2, 0.25) is 0 Å². The average Bonchev–Trinajstić information content (AvgIpc) is 3.27. The summed E-state index contributed by atoms with van der Waals surface area (Å²) in [4.78, 5) is 20.6. The lowest BCUT2D eigenvalue weighted by atomic mass is 10.1. The Labute approximate surface area is 160 Å². The van der Waals surface area contributed by atoms with Gasteiger partial charge >= 0.3 is 0 Å². The Kier molecular flexibility index (Phi) is 4.41. The molecule has 0 saturated heterocycles. The maximum Gasteiger partial charge on any atom is 0.258 e. The molecule has 2 aromatic heterocycles. The predicted molar refractivity (Wildman–Crippen MR) is 109 cm³/mol. The Bertz CT molecular complexity index is 1180. The van der Waals surface area contributed by atoms with E-state index >= 15 is 0 Å². The average molecular weight is 369 g/mol. The molecule has 0 atom stereocenters. The third-order valence-electron chi connectivity index (χ3n) is 4.39. The van der Waals surface area contributed by atoms with Crippen LogP contribution in [0.25, 0.3) is 21.5 Å². The first kappa shape index (κ1) is 17.0. The number of hydrogen-bond donors (Lipinski definition) is 0. The van der Waals surface area contributed by atoms with Crippen molar-refractivity contribution >= 4 is 33.8 Å². The van der Waals surface area contributed by atoms with Crippen LogP contribution in [0.15, 0.2) is 72.1 Å². The highest BCUT2D eigenvalue weighted by Crippen LogP contribution is 2.29. The molecule has 4 rings (SSSR count). The van der Waals surface area contributed by atoms with Crippen LogP contribution < -0.4 is 4.90 Å². The zero-order valence-corrected chi connectivity index (χ0v) is 15.4. The fourth-order valence-corrected chi connectivity index (χ4v) is 3.67. The lowest BCUT2D eigenvalue weighted by Crippen LogP contribution is -2.26. The van der Waals surface area contributed by atoms with Gasteiger partial charge in [0.1, 0.15) is 0 Å². The molecule has 4 nitrogen and oxygen atoms in total. The molecule has 0 unspecified atom stereocenters. The molecule has 0 bridgehead atoms. The Morgan fingerprint density at radius 2 is 1.93 bits per heavy atom. The van der Waals surface area contributed by atoms with E-state index in [4.69, 9.17) is 10.2 Å². The van der Waals surface area contributed by atoms with Crippen molar-refractivity contribution in [2.75, 3.05) is 11.9 Å². The fraction of sp³-hybridized carbons (Fsp3) is 0.0455. The summed E-state index contributed by atoms with van der Waals surface area (Å²) < 4.78 is 0. The van der Waals surface area contributed by atoms with Crippen molar-refractivity contribution in [2.24, 2.45) is 0 Å². The smallest absolute Gasteiger partial charge is 0.258 e. The second-order valence-corrected chi connectivity index (χ2v) is 7.02. The number of benzene rings is 2. The molecule has 0 radical (unpaired) electrons. The third kappa shape index (κ3) is 3.19. The summed E-state index contributed by atoms with van der Waals surface area (Å²) in [5.41, 5.74) is 3.36. The first-order chi connectivity index (χ1) is 13.2. The van der Waals surface area contributed by atoms with Gasteiger partial charge in [-0.2, -0.15) is 5.26 Å². The summed E-state index contributed by atoms with van der Waals surface area (Å²) in [6.45, 7) is 0. The molecule has 5 heteroatoms. The van der Waals surface area contributed by atoms with Gasteiger partial charge in [-0.05, 0) is 41.8 Å². The number of amides is 1. The molecule has 130 valence electrons. The maximum absolute atomic E-state index is 13.3. The van der Waals surface area contributed by atoms with Crippen molar-refractivity contribution in [3.63, 3.8) is 0 Å². The Balaban J connectivity index is 1.84. The second-order valence-electron chi connectivity index (χ2n) is 6.08. The number of nitrogens with zero attached hydrogens (tertiary/aromatic N) is 3. The van der Waals surface area contributed by atoms with Crippen LogP contribution in [0.5, 0.6) is 0 Å². The summed E-state index contributed by atoms with van der Waals surface area (Å²) >= 11 is 1.59. The van der Waals surface area contributed by atoms with Crippen molar-refractivity contribution in [3.05, 3.63) is 83.2 Å². The Morgan fingerprint density at radius 3 is 2.70 bits per heavy atom. The zero-order chi connectivity index (χ0) is 18.8. The fourth-order valence-electron chi connectivity index (χ4n) is 2.98. The topological polar surface area (TPSA) is 57.0 Å². The highest BCUT2D eigenvalue weighted by molar-refractivity contribution is 7.13. The molecule has 0 saturated carbocycles. The number of hydrogen-bond acceptors (Lipinski definition) is 4. The van der Waals surface area contributed by atoms with E-state index in [9.17, 15) is 4.79 Å². The van der Waals surface area contributed by atoms with Crippen molar-refractivity contribution in [1.82, 2.24) is 4.98 Å². The lowest BCUT2D eigenvalue weighted by molar-refractivity contribution is 0.0994. The Hall–Kier alpha value is -3.49. The number of carbonyl (C=O) groups is 1. The summed E-state index contributed by atoms with van der Waals surface area (Å²) in [7, 11) is 1.72. The van der Waals surface area contributed by atoms with Gasteiger partial charge in [0.15, 0.2) is 0 Å². The summed E-state index contributed by atoms with van der Waals surface area (Å²) in [5, 5.41) is 11.9. The van der Waals surface area contributed by atoms with E-state index in [-0.39, 0.29) is 5.91 Å². The van der Waals surface area contributed by atoms with Crippen LogP contribution >= 0.6 is 11.3 Å². The third-order valence-corrected chi connectivity index (χ3v) is 5.28.